The molecule has 0 fully saturated rings. The third kappa shape index (κ3) is 0.506. The molecule has 1 aliphatic heterocycles. The van der Waals surface area contributed by atoms with Gasteiger partial charge in [-0.25, -0.2) is 0 Å². The lowest BCUT2D eigenvalue weighted by molar-refractivity contribution is 0.918. The maximum absolute atomic E-state index is 3.85. The van der Waals surface area contributed by atoms with E-state index in [1.807, 2.05) is 13.5 Å². The minimum atomic E-state index is 1.00. The standard InChI is InChI=1S/C4H7N2/c1-4-2-3-5-6-4/h3,5H,2H2,1H3. The molecule has 6 heavy (non-hydrogen) atoms. The second kappa shape index (κ2) is 1.29. The quantitative estimate of drug-likeness (QED) is 0.453. The van der Waals surface area contributed by atoms with E-state index in [-0.39, 0.29) is 0 Å². The number of hydrogen-bond donors (Lipinski definition) is 1. The molecule has 0 saturated heterocycles. The van der Waals surface area contributed by atoms with Crippen LogP contribution in [0, 0.1) is 6.54 Å². The number of hydrogen-bond acceptors (Lipinski definition) is 2. The number of nitrogens with one attached hydrogen (secondary N) is 1. The molecule has 1 rings (SSSR count). The van der Waals surface area contributed by atoms with Gasteiger partial charge in [-0.3, -0.25) is 0 Å². The van der Waals surface area contributed by atoms with Crippen molar-refractivity contribution in [2.24, 2.45) is 5.10 Å². The van der Waals surface area contributed by atoms with Gasteiger partial charge < -0.3 is 5.43 Å². The van der Waals surface area contributed by atoms with Crippen LogP contribution < -0.4 is 5.43 Å². The Morgan fingerprint density at radius 2 is 2.83 bits per heavy atom. The van der Waals surface area contributed by atoms with Crippen molar-refractivity contribution >= 4 is 5.71 Å². The third-order valence-electron chi connectivity index (χ3n) is 0.744. The number of rotatable bonds is 0. The van der Waals surface area contributed by atoms with E-state index in [2.05, 4.69) is 10.5 Å². The summed E-state index contributed by atoms with van der Waals surface area (Å²) in [6.45, 7) is 3.92. The molecule has 1 aliphatic rings. The van der Waals surface area contributed by atoms with Gasteiger partial charge in [-0.1, -0.05) is 0 Å². The number of hydrazone groups is 1. The van der Waals surface area contributed by atoms with Crippen molar-refractivity contribution in [2.75, 3.05) is 0 Å². The van der Waals surface area contributed by atoms with Crippen LogP contribution in [0.5, 0.6) is 0 Å². The zero-order valence-corrected chi connectivity index (χ0v) is 3.73. The summed E-state index contributed by atoms with van der Waals surface area (Å²) in [5, 5.41) is 3.85. The van der Waals surface area contributed by atoms with Crippen LogP contribution in [0.1, 0.15) is 13.3 Å². The van der Waals surface area contributed by atoms with Crippen molar-refractivity contribution in [1.82, 2.24) is 5.43 Å². The van der Waals surface area contributed by atoms with E-state index in [1.165, 1.54) is 0 Å². The molecular weight excluding hydrogens is 76.1 g/mol. The van der Waals surface area contributed by atoms with E-state index in [0.29, 0.717) is 0 Å². The summed E-state index contributed by atoms with van der Waals surface area (Å²) < 4.78 is 0. The van der Waals surface area contributed by atoms with Crippen molar-refractivity contribution in [1.29, 1.82) is 0 Å². The lowest BCUT2D eigenvalue weighted by Crippen LogP contribution is -1.88. The van der Waals surface area contributed by atoms with Crippen LogP contribution in [0.2, 0.25) is 0 Å². The van der Waals surface area contributed by atoms with Gasteiger partial charge in [-0.15, -0.1) is 0 Å². The van der Waals surface area contributed by atoms with Gasteiger partial charge in [0.25, 0.3) is 0 Å². The van der Waals surface area contributed by atoms with Gasteiger partial charge in [-0.05, 0) is 6.92 Å². The average molecular weight is 83.1 g/mol. The Labute approximate surface area is 37.2 Å². The molecule has 0 aliphatic carbocycles. The molecular formula is C4H7N2. The second-order valence-corrected chi connectivity index (χ2v) is 1.38. The summed E-state index contributed by atoms with van der Waals surface area (Å²) in [5.74, 6) is 0. The highest BCUT2D eigenvalue weighted by Gasteiger charge is 1.96. The van der Waals surface area contributed by atoms with E-state index in [4.69, 9.17) is 0 Å². The minimum Gasteiger partial charge on any atom is -0.305 e. The van der Waals surface area contributed by atoms with Crippen LogP contribution >= 0.6 is 0 Å². The maximum Gasteiger partial charge on any atom is 0.0713 e. The molecule has 2 heteroatoms. The topological polar surface area (TPSA) is 24.4 Å². The SMILES string of the molecule is CC1=NN[CH]C1. The van der Waals surface area contributed by atoms with Crippen molar-refractivity contribution < 1.29 is 0 Å². The van der Waals surface area contributed by atoms with Gasteiger partial charge in [-0.2, -0.15) is 5.10 Å². The summed E-state index contributed by atoms with van der Waals surface area (Å²) in [6, 6.07) is 0. The lowest BCUT2D eigenvalue weighted by Gasteiger charge is -1.75. The Morgan fingerprint density at radius 1 is 2.00 bits per heavy atom. The fourth-order valence-corrected chi connectivity index (χ4v) is 0.395. The molecule has 0 unspecified atom stereocenters. The second-order valence-electron chi connectivity index (χ2n) is 1.38. The first-order valence-electron chi connectivity index (χ1n) is 2.00. The molecule has 33 valence electrons. The van der Waals surface area contributed by atoms with Crippen LogP contribution in [0.4, 0.5) is 0 Å². The molecule has 0 amide bonds. The van der Waals surface area contributed by atoms with E-state index >= 15 is 0 Å². The average Bonchev–Trinajstić information content (AvgIpc) is 1.86. The summed E-state index contributed by atoms with van der Waals surface area (Å²) in [5.41, 5.74) is 3.90. The van der Waals surface area contributed by atoms with Gasteiger partial charge >= 0.3 is 0 Å². The first kappa shape index (κ1) is 3.65. The Balaban J connectivity index is 2.45. The van der Waals surface area contributed by atoms with Crippen molar-refractivity contribution in [3.8, 4) is 0 Å². The molecule has 1 heterocycles. The van der Waals surface area contributed by atoms with E-state index in [1.54, 1.807) is 0 Å². The first-order chi connectivity index (χ1) is 2.89. The minimum absolute atomic E-state index is 1.00. The molecule has 0 aromatic rings. The molecule has 0 spiro atoms. The van der Waals surface area contributed by atoms with Gasteiger partial charge in [0.15, 0.2) is 0 Å². The fraction of sp³-hybridized carbons (Fsp3) is 0.500. The highest BCUT2D eigenvalue weighted by atomic mass is 15.3. The molecule has 0 aromatic carbocycles. The highest BCUT2D eigenvalue weighted by Crippen LogP contribution is 1.93. The molecule has 1 radical (unpaired) electrons. The monoisotopic (exact) mass is 83.1 g/mol. The molecule has 0 aromatic heterocycles. The van der Waals surface area contributed by atoms with Crippen molar-refractivity contribution in [3.63, 3.8) is 0 Å². The summed E-state index contributed by atoms with van der Waals surface area (Å²) in [6.07, 6.45) is 1.00. The predicted molar refractivity (Wildman–Crippen MR) is 25.2 cm³/mol. The lowest BCUT2D eigenvalue weighted by atomic mass is 10.3. The first-order valence-corrected chi connectivity index (χ1v) is 2.00. The van der Waals surface area contributed by atoms with Gasteiger partial charge in [0.05, 0.1) is 6.54 Å². The summed E-state index contributed by atoms with van der Waals surface area (Å²) in [7, 11) is 0. The Hall–Kier alpha value is -0.530. The van der Waals surface area contributed by atoms with Crippen LogP contribution in [0.3, 0.4) is 0 Å². The van der Waals surface area contributed by atoms with Crippen LogP contribution in [-0.2, 0) is 0 Å². The van der Waals surface area contributed by atoms with E-state index in [0.717, 1.165) is 12.1 Å². The predicted octanol–water partition coefficient (Wildman–Crippen LogP) is 0.517. The Kier molecular flexibility index (Phi) is 0.783. The number of nitrogens with zero attached hydrogens (tertiary/aromatic N) is 1. The Morgan fingerprint density at radius 3 is 3.00 bits per heavy atom. The van der Waals surface area contributed by atoms with Gasteiger partial charge in [0.1, 0.15) is 0 Å². The van der Waals surface area contributed by atoms with Crippen molar-refractivity contribution in [2.45, 2.75) is 13.3 Å². The largest absolute Gasteiger partial charge is 0.305 e. The van der Waals surface area contributed by atoms with Gasteiger partial charge in [0.2, 0.25) is 0 Å². The van der Waals surface area contributed by atoms with E-state index < -0.39 is 0 Å². The molecule has 0 saturated carbocycles. The highest BCUT2D eigenvalue weighted by molar-refractivity contribution is 5.83. The summed E-state index contributed by atoms with van der Waals surface area (Å²) in [4.78, 5) is 0. The van der Waals surface area contributed by atoms with Gasteiger partial charge in [0, 0.05) is 12.1 Å². The molecule has 0 bridgehead atoms. The third-order valence-corrected chi connectivity index (χ3v) is 0.744. The molecule has 0 atom stereocenters. The smallest absolute Gasteiger partial charge is 0.0713 e. The fourth-order valence-electron chi connectivity index (χ4n) is 0.395. The molecule has 2 nitrogen and oxygen atoms in total. The van der Waals surface area contributed by atoms with E-state index in [9.17, 15) is 0 Å². The maximum atomic E-state index is 3.85. The zero-order valence-electron chi connectivity index (χ0n) is 3.73. The Bertz CT molecular complexity index is 75.6. The van der Waals surface area contributed by atoms with Crippen molar-refractivity contribution in [3.05, 3.63) is 6.54 Å². The zero-order chi connectivity index (χ0) is 4.41. The molecule has 1 N–H and O–H groups in total. The van der Waals surface area contributed by atoms with Crippen LogP contribution in [0.15, 0.2) is 5.10 Å². The van der Waals surface area contributed by atoms with Crippen LogP contribution in [0.25, 0.3) is 0 Å². The summed E-state index contributed by atoms with van der Waals surface area (Å²) >= 11 is 0. The van der Waals surface area contributed by atoms with Crippen LogP contribution in [-0.4, -0.2) is 5.71 Å². The normalized spacial score (nSPS) is 19.8.